The molecule has 106 valence electrons. The number of hydrogen-bond donors (Lipinski definition) is 3. The van der Waals surface area contributed by atoms with E-state index in [-0.39, 0.29) is 6.61 Å². The first-order valence-corrected chi connectivity index (χ1v) is 6.37. The number of rotatable bonds is 4. The number of hydroxylamine groups is 1. The van der Waals surface area contributed by atoms with Crippen LogP contribution in [0.3, 0.4) is 0 Å². The second-order valence-corrected chi connectivity index (χ2v) is 4.45. The molecular weight excluding hydrogens is 270 g/mol. The lowest BCUT2D eigenvalue weighted by Gasteiger charge is -2.05. The van der Waals surface area contributed by atoms with Gasteiger partial charge in [0.1, 0.15) is 11.6 Å². The topological polar surface area (TPSA) is 87.2 Å². The number of benzene rings is 2. The molecule has 0 unspecified atom stereocenters. The van der Waals surface area contributed by atoms with E-state index in [2.05, 4.69) is 9.97 Å². The summed E-state index contributed by atoms with van der Waals surface area (Å²) in [5.74, 6) is 0.714. The molecule has 0 saturated carbocycles. The van der Waals surface area contributed by atoms with Crippen LogP contribution in [0.5, 0.6) is 5.75 Å². The van der Waals surface area contributed by atoms with Gasteiger partial charge in [-0.2, -0.15) is 0 Å². The zero-order chi connectivity index (χ0) is 14.7. The number of imidazole rings is 1. The Morgan fingerprint density at radius 3 is 2.67 bits per heavy atom. The van der Waals surface area contributed by atoms with Gasteiger partial charge in [-0.3, -0.25) is 10.0 Å². The lowest BCUT2D eigenvalue weighted by atomic mass is 10.2. The van der Waals surface area contributed by atoms with Crippen LogP contribution in [0.25, 0.3) is 22.4 Å². The Balaban J connectivity index is 1.78. The fourth-order valence-electron chi connectivity index (χ4n) is 1.98. The first-order valence-electron chi connectivity index (χ1n) is 6.37. The molecule has 0 radical (unpaired) electrons. The minimum Gasteiger partial charge on any atom is -0.484 e. The third-order valence-electron chi connectivity index (χ3n) is 3.01. The molecule has 3 aromatic rings. The maximum atomic E-state index is 10.9. The second-order valence-electron chi connectivity index (χ2n) is 4.45. The van der Waals surface area contributed by atoms with Crippen LogP contribution in [0.4, 0.5) is 0 Å². The number of ether oxygens (including phenoxy) is 1. The Morgan fingerprint density at radius 2 is 1.95 bits per heavy atom. The van der Waals surface area contributed by atoms with E-state index in [0.717, 1.165) is 22.4 Å². The number of hydrogen-bond acceptors (Lipinski definition) is 4. The molecule has 1 heterocycles. The molecule has 0 spiro atoms. The number of nitrogens with one attached hydrogen (secondary N) is 2. The summed E-state index contributed by atoms with van der Waals surface area (Å²) in [5.41, 5.74) is 4.32. The van der Waals surface area contributed by atoms with Crippen molar-refractivity contribution in [3.8, 4) is 17.1 Å². The van der Waals surface area contributed by atoms with Crippen LogP contribution in [0.1, 0.15) is 0 Å². The molecule has 3 N–H and O–H groups in total. The first kappa shape index (κ1) is 13.1. The van der Waals surface area contributed by atoms with E-state index in [0.29, 0.717) is 5.75 Å². The lowest BCUT2D eigenvalue weighted by molar-refractivity contribution is -0.131. The fourth-order valence-corrected chi connectivity index (χ4v) is 1.98. The third-order valence-corrected chi connectivity index (χ3v) is 3.01. The number of H-pyrrole nitrogens is 1. The molecule has 0 aliphatic rings. The van der Waals surface area contributed by atoms with E-state index in [9.17, 15) is 4.79 Å². The maximum Gasteiger partial charge on any atom is 0.281 e. The number of fused-ring (bicyclic) bond motifs is 1. The summed E-state index contributed by atoms with van der Waals surface area (Å²) in [6.07, 6.45) is 0. The van der Waals surface area contributed by atoms with Gasteiger partial charge in [-0.05, 0) is 36.4 Å². The van der Waals surface area contributed by atoms with Gasteiger partial charge in [-0.1, -0.05) is 12.1 Å². The molecule has 0 aliphatic heterocycles. The second kappa shape index (κ2) is 5.64. The molecule has 0 fully saturated rings. The predicted molar refractivity (Wildman–Crippen MR) is 77.0 cm³/mol. The van der Waals surface area contributed by atoms with Crippen molar-refractivity contribution in [2.45, 2.75) is 0 Å². The van der Waals surface area contributed by atoms with Crippen LogP contribution in [-0.4, -0.2) is 27.7 Å². The summed E-state index contributed by atoms with van der Waals surface area (Å²) in [7, 11) is 0. The molecule has 1 aromatic heterocycles. The lowest BCUT2D eigenvalue weighted by Crippen LogP contribution is -2.25. The Kier molecular flexibility index (Phi) is 3.53. The molecule has 6 heteroatoms. The summed E-state index contributed by atoms with van der Waals surface area (Å²) in [6, 6.07) is 15.0. The van der Waals surface area contributed by atoms with E-state index in [4.69, 9.17) is 9.94 Å². The van der Waals surface area contributed by atoms with Crippen LogP contribution in [0.2, 0.25) is 0 Å². The number of carbonyl (C=O) groups excluding carboxylic acids is 1. The molecule has 0 atom stereocenters. The fraction of sp³-hybridized carbons (Fsp3) is 0.0667. The standard InChI is InChI=1S/C15H13N3O3/c19-14(18-20)9-21-11-7-5-10(6-8-11)15-16-12-3-1-2-4-13(12)17-15/h1-8,20H,9H2,(H,16,17)(H,18,19). The zero-order valence-corrected chi connectivity index (χ0v) is 11.0. The zero-order valence-electron chi connectivity index (χ0n) is 11.0. The number of amides is 1. The first-order chi connectivity index (χ1) is 10.3. The van der Waals surface area contributed by atoms with Crippen molar-refractivity contribution in [1.82, 2.24) is 15.4 Å². The van der Waals surface area contributed by atoms with E-state index >= 15 is 0 Å². The number of aromatic nitrogens is 2. The Morgan fingerprint density at radius 1 is 1.19 bits per heavy atom. The summed E-state index contributed by atoms with van der Waals surface area (Å²) in [4.78, 5) is 18.6. The van der Waals surface area contributed by atoms with E-state index in [1.165, 1.54) is 5.48 Å². The number of aromatic amines is 1. The third kappa shape index (κ3) is 2.85. The van der Waals surface area contributed by atoms with E-state index < -0.39 is 5.91 Å². The van der Waals surface area contributed by atoms with Crippen molar-refractivity contribution >= 4 is 16.9 Å². The minimum absolute atomic E-state index is 0.236. The molecule has 0 bridgehead atoms. The normalized spacial score (nSPS) is 10.5. The van der Waals surface area contributed by atoms with Crippen molar-refractivity contribution in [2.75, 3.05) is 6.61 Å². The quantitative estimate of drug-likeness (QED) is 0.505. The van der Waals surface area contributed by atoms with Crippen molar-refractivity contribution in [3.63, 3.8) is 0 Å². The van der Waals surface area contributed by atoms with Gasteiger partial charge in [0.2, 0.25) is 0 Å². The Labute approximate surface area is 120 Å². The molecule has 2 aromatic carbocycles. The van der Waals surface area contributed by atoms with Crippen LogP contribution >= 0.6 is 0 Å². The monoisotopic (exact) mass is 283 g/mol. The summed E-state index contributed by atoms with van der Waals surface area (Å²) >= 11 is 0. The van der Waals surface area contributed by atoms with Gasteiger partial charge >= 0.3 is 0 Å². The summed E-state index contributed by atoms with van der Waals surface area (Å²) in [6.45, 7) is -0.236. The highest BCUT2D eigenvalue weighted by molar-refractivity contribution is 5.79. The molecule has 0 saturated heterocycles. The Bertz CT molecular complexity index is 732. The predicted octanol–water partition coefficient (Wildman–Crippen LogP) is 2.11. The number of carbonyl (C=O) groups is 1. The molecule has 3 rings (SSSR count). The maximum absolute atomic E-state index is 10.9. The van der Waals surface area contributed by atoms with E-state index in [1.807, 2.05) is 36.4 Å². The number of nitrogens with zero attached hydrogens (tertiary/aromatic N) is 1. The SMILES string of the molecule is O=C(COc1ccc(-c2nc3ccccc3[nH]2)cc1)NO. The number of para-hydroxylation sites is 2. The summed E-state index contributed by atoms with van der Waals surface area (Å²) < 4.78 is 5.21. The highest BCUT2D eigenvalue weighted by Crippen LogP contribution is 2.22. The van der Waals surface area contributed by atoms with Gasteiger partial charge in [0.05, 0.1) is 11.0 Å². The van der Waals surface area contributed by atoms with Crippen LogP contribution in [0, 0.1) is 0 Å². The van der Waals surface area contributed by atoms with Gasteiger partial charge < -0.3 is 9.72 Å². The van der Waals surface area contributed by atoms with Crippen LogP contribution in [0.15, 0.2) is 48.5 Å². The van der Waals surface area contributed by atoms with Gasteiger partial charge in [0.15, 0.2) is 6.61 Å². The largest absolute Gasteiger partial charge is 0.484 e. The van der Waals surface area contributed by atoms with Gasteiger partial charge in [-0.25, -0.2) is 10.5 Å². The molecule has 6 nitrogen and oxygen atoms in total. The van der Waals surface area contributed by atoms with Crippen molar-refractivity contribution < 1.29 is 14.7 Å². The van der Waals surface area contributed by atoms with E-state index in [1.54, 1.807) is 12.1 Å². The molecule has 0 aliphatic carbocycles. The highest BCUT2D eigenvalue weighted by atomic mass is 16.5. The molecular formula is C15H13N3O3. The van der Waals surface area contributed by atoms with Crippen molar-refractivity contribution in [1.29, 1.82) is 0 Å². The van der Waals surface area contributed by atoms with Crippen molar-refractivity contribution in [2.24, 2.45) is 0 Å². The Hall–Kier alpha value is -2.86. The van der Waals surface area contributed by atoms with Gasteiger partial charge in [0, 0.05) is 5.56 Å². The van der Waals surface area contributed by atoms with Crippen molar-refractivity contribution in [3.05, 3.63) is 48.5 Å². The van der Waals surface area contributed by atoms with Crippen LogP contribution in [-0.2, 0) is 4.79 Å². The van der Waals surface area contributed by atoms with Crippen LogP contribution < -0.4 is 10.2 Å². The van der Waals surface area contributed by atoms with Gasteiger partial charge in [-0.15, -0.1) is 0 Å². The molecule has 1 amide bonds. The summed E-state index contributed by atoms with van der Waals surface area (Å²) in [5, 5.41) is 8.38. The smallest absolute Gasteiger partial charge is 0.281 e. The average molecular weight is 283 g/mol. The average Bonchev–Trinajstić information content (AvgIpc) is 2.97. The minimum atomic E-state index is -0.601. The van der Waals surface area contributed by atoms with Gasteiger partial charge in [0.25, 0.3) is 5.91 Å². The highest BCUT2D eigenvalue weighted by Gasteiger charge is 2.05. The molecule has 21 heavy (non-hydrogen) atoms.